The summed E-state index contributed by atoms with van der Waals surface area (Å²) in [4.78, 5) is 37.3. The highest BCUT2D eigenvalue weighted by atomic mass is 19.1. The summed E-state index contributed by atoms with van der Waals surface area (Å²) in [6.07, 6.45) is -0.0407. The Balaban J connectivity index is 1.49. The van der Waals surface area contributed by atoms with Crippen LogP contribution in [0.5, 0.6) is 0 Å². The number of benzene rings is 3. The second-order valence-electron chi connectivity index (χ2n) is 7.50. The smallest absolute Gasteiger partial charge is 0.323 e. The summed E-state index contributed by atoms with van der Waals surface area (Å²) >= 11 is 0. The lowest BCUT2D eigenvalue weighted by molar-refractivity contribution is -0.123. The van der Waals surface area contributed by atoms with Crippen molar-refractivity contribution in [3.8, 4) is 0 Å². The van der Waals surface area contributed by atoms with Gasteiger partial charge in [0.2, 0.25) is 11.8 Å². The second-order valence-corrected chi connectivity index (χ2v) is 7.50. The predicted molar refractivity (Wildman–Crippen MR) is 121 cm³/mol. The number of para-hydroxylation sites is 1. The van der Waals surface area contributed by atoms with Gasteiger partial charge in [-0.25, -0.2) is 9.18 Å². The zero-order valence-electron chi connectivity index (χ0n) is 17.2. The largest absolute Gasteiger partial charge is 0.326 e. The van der Waals surface area contributed by atoms with Gasteiger partial charge >= 0.3 is 6.03 Å². The summed E-state index contributed by atoms with van der Waals surface area (Å²) in [5, 5.41) is 10.9. The molecule has 0 aromatic heterocycles. The quantitative estimate of drug-likeness (QED) is 0.475. The highest BCUT2D eigenvalue weighted by Crippen LogP contribution is 2.34. The number of halogens is 1. The predicted octanol–water partition coefficient (Wildman–Crippen LogP) is 4.84. The number of carbonyl (C=O) groups is 3. The summed E-state index contributed by atoms with van der Waals surface area (Å²) in [5.41, 5.74) is 3.28. The van der Waals surface area contributed by atoms with Gasteiger partial charge in [0, 0.05) is 29.2 Å². The number of anilines is 4. The van der Waals surface area contributed by atoms with Crippen molar-refractivity contribution in [2.45, 2.75) is 19.3 Å². The van der Waals surface area contributed by atoms with E-state index in [0.717, 1.165) is 5.56 Å². The number of hydrogen-bond donors (Lipinski definition) is 4. The van der Waals surface area contributed by atoms with Crippen molar-refractivity contribution >= 4 is 40.6 Å². The van der Waals surface area contributed by atoms with Crippen LogP contribution in [0.25, 0.3) is 0 Å². The molecule has 32 heavy (non-hydrogen) atoms. The zero-order valence-corrected chi connectivity index (χ0v) is 17.2. The van der Waals surface area contributed by atoms with E-state index < -0.39 is 17.8 Å². The summed E-state index contributed by atoms with van der Waals surface area (Å²) in [6, 6.07) is 17.7. The Bertz CT molecular complexity index is 1200. The number of amides is 4. The van der Waals surface area contributed by atoms with Crippen LogP contribution in [-0.2, 0) is 9.59 Å². The van der Waals surface area contributed by atoms with Crippen LogP contribution in [0.3, 0.4) is 0 Å². The average molecular weight is 432 g/mol. The minimum Gasteiger partial charge on any atom is -0.326 e. The van der Waals surface area contributed by atoms with Gasteiger partial charge in [0.15, 0.2) is 0 Å². The standard InChI is InChI=1S/C24H21FN4O3/c1-14-7-9-17(27-24(32)26-16-5-3-2-4-6-16)12-20(14)29-23(31)19-13-22(30)28-21-11-15(25)8-10-18(19)21/h2-12,19H,13H2,1H3,(H,28,30)(H,29,31)(H2,26,27,32). The van der Waals surface area contributed by atoms with E-state index >= 15 is 0 Å². The molecule has 1 aliphatic rings. The molecule has 4 amide bonds. The molecule has 4 rings (SSSR count). The number of carbonyl (C=O) groups excluding carboxylic acids is 3. The summed E-state index contributed by atoms with van der Waals surface area (Å²) < 4.78 is 13.5. The molecule has 8 heteroatoms. The maximum Gasteiger partial charge on any atom is 0.323 e. The third-order valence-electron chi connectivity index (χ3n) is 5.16. The number of fused-ring (bicyclic) bond motifs is 1. The van der Waals surface area contributed by atoms with Gasteiger partial charge in [-0.05, 0) is 54.4 Å². The first-order chi connectivity index (χ1) is 15.4. The van der Waals surface area contributed by atoms with Crippen molar-refractivity contribution in [1.29, 1.82) is 0 Å². The van der Waals surface area contributed by atoms with E-state index in [1.165, 1.54) is 18.2 Å². The summed E-state index contributed by atoms with van der Waals surface area (Å²) in [6.45, 7) is 1.82. The lowest BCUT2D eigenvalue weighted by atomic mass is 9.89. The zero-order chi connectivity index (χ0) is 22.7. The molecule has 0 fully saturated rings. The number of hydrogen-bond acceptors (Lipinski definition) is 3. The monoisotopic (exact) mass is 432 g/mol. The molecule has 3 aromatic carbocycles. The van der Waals surface area contributed by atoms with Gasteiger partial charge in [0.05, 0.1) is 5.92 Å². The minimum absolute atomic E-state index is 0.0407. The Hall–Kier alpha value is -4.20. The van der Waals surface area contributed by atoms with Crippen LogP contribution in [0.15, 0.2) is 66.7 Å². The molecule has 1 atom stereocenters. The fraction of sp³-hybridized carbons (Fsp3) is 0.125. The molecular formula is C24H21FN4O3. The Morgan fingerprint density at radius 3 is 2.47 bits per heavy atom. The van der Waals surface area contributed by atoms with E-state index in [2.05, 4.69) is 21.3 Å². The normalized spacial score (nSPS) is 14.7. The molecule has 162 valence electrons. The Labute approximate surface area is 184 Å². The van der Waals surface area contributed by atoms with Gasteiger partial charge in [-0.1, -0.05) is 30.3 Å². The van der Waals surface area contributed by atoms with Crippen LogP contribution < -0.4 is 21.3 Å². The molecule has 3 aromatic rings. The van der Waals surface area contributed by atoms with E-state index in [-0.39, 0.29) is 18.2 Å². The van der Waals surface area contributed by atoms with Crippen LogP contribution in [0.2, 0.25) is 0 Å². The Morgan fingerprint density at radius 1 is 0.938 bits per heavy atom. The Morgan fingerprint density at radius 2 is 1.69 bits per heavy atom. The van der Waals surface area contributed by atoms with Crippen molar-refractivity contribution in [3.05, 3.63) is 83.7 Å². The van der Waals surface area contributed by atoms with Crippen LogP contribution in [0.4, 0.5) is 31.9 Å². The average Bonchev–Trinajstić information content (AvgIpc) is 2.75. The molecule has 0 radical (unpaired) electrons. The molecule has 0 aliphatic carbocycles. The molecule has 1 aliphatic heterocycles. The highest BCUT2D eigenvalue weighted by molar-refractivity contribution is 6.06. The Kier molecular flexibility index (Phi) is 5.85. The van der Waals surface area contributed by atoms with Gasteiger partial charge in [-0.3, -0.25) is 9.59 Å². The third kappa shape index (κ3) is 4.75. The van der Waals surface area contributed by atoms with Crippen molar-refractivity contribution in [1.82, 2.24) is 0 Å². The van der Waals surface area contributed by atoms with Crippen molar-refractivity contribution in [3.63, 3.8) is 0 Å². The van der Waals surface area contributed by atoms with Gasteiger partial charge in [0.1, 0.15) is 5.82 Å². The van der Waals surface area contributed by atoms with Gasteiger partial charge < -0.3 is 21.3 Å². The second kappa shape index (κ2) is 8.89. The SMILES string of the molecule is Cc1ccc(NC(=O)Nc2ccccc2)cc1NC(=O)C1CC(=O)Nc2cc(F)ccc21. The van der Waals surface area contributed by atoms with Crippen LogP contribution >= 0.6 is 0 Å². The molecule has 0 bridgehead atoms. The van der Waals surface area contributed by atoms with Gasteiger partial charge in [-0.2, -0.15) is 0 Å². The fourth-order valence-electron chi connectivity index (χ4n) is 3.54. The van der Waals surface area contributed by atoms with E-state index in [4.69, 9.17) is 0 Å². The van der Waals surface area contributed by atoms with Crippen molar-refractivity contribution in [2.24, 2.45) is 0 Å². The van der Waals surface area contributed by atoms with Crippen LogP contribution in [0.1, 0.15) is 23.5 Å². The first kappa shape index (κ1) is 21.0. The number of nitrogens with one attached hydrogen (secondary N) is 4. The first-order valence-electron chi connectivity index (χ1n) is 10.0. The van der Waals surface area contributed by atoms with E-state index in [0.29, 0.717) is 28.3 Å². The van der Waals surface area contributed by atoms with E-state index in [1.54, 1.807) is 30.3 Å². The third-order valence-corrected chi connectivity index (χ3v) is 5.16. The molecule has 0 saturated carbocycles. The maximum absolute atomic E-state index is 13.5. The van der Waals surface area contributed by atoms with Gasteiger partial charge in [0.25, 0.3) is 0 Å². The van der Waals surface area contributed by atoms with Crippen LogP contribution in [-0.4, -0.2) is 17.8 Å². The topological polar surface area (TPSA) is 99.3 Å². The number of urea groups is 1. The maximum atomic E-state index is 13.5. The molecular weight excluding hydrogens is 411 g/mol. The molecule has 1 unspecified atom stereocenters. The lowest BCUT2D eigenvalue weighted by Gasteiger charge is -2.25. The summed E-state index contributed by atoms with van der Waals surface area (Å²) in [7, 11) is 0. The van der Waals surface area contributed by atoms with Crippen LogP contribution in [0, 0.1) is 12.7 Å². The minimum atomic E-state index is -0.753. The highest BCUT2D eigenvalue weighted by Gasteiger charge is 2.31. The number of rotatable bonds is 4. The molecule has 0 saturated heterocycles. The van der Waals surface area contributed by atoms with E-state index in [1.807, 2.05) is 25.1 Å². The molecule has 1 heterocycles. The summed E-state index contributed by atoms with van der Waals surface area (Å²) in [5.74, 6) is -1.99. The van der Waals surface area contributed by atoms with Gasteiger partial charge in [-0.15, -0.1) is 0 Å². The lowest BCUT2D eigenvalue weighted by Crippen LogP contribution is -2.31. The van der Waals surface area contributed by atoms with Crippen molar-refractivity contribution in [2.75, 3.05) is 21.3 Å². The molecule has 7 nitrogen and oxygen atoms in total. The van der Waals surface area contributed by atoms with E-state index in [9.17, 15) is 18.8 Å². The fourth-order valence-corrected chi connectivity index (χ4v) is 3.54. The molecule has 4 N–H and O–H groups in total. The molecule has 0 spiro atoms. The van der Waals surface area contributed by atoms with Crippen molar-refractivity contribution < 1.29 is 18.8 Å². The number of aryl methyl sites for hydroxylation is 1. The first-order valence-corrected chi connectivity index (χ1v) is 10.0.